The van der Waals surface area contributed by atoms with Gasteiger partial charge in [0.05, 0.1) is 20.8 Å². The lowest BCUT2D eigenvalue weighted by molar-refractivity contribution is 0.120. The number of nitrogens with zero attached hydrogens (tertiary/aromatic N) is 6. The fraction of sp³-hybridized carbons (Fsp3) is 0.409. The summed E-state index contributed by atoms with van der Waals surface area (Å²) < 4.78 is 26.4. The average molecular weight is 426 g/mol. The van der Waals surface area contributed by atoms with Gasteiger partial charge in [-0.25, -0.2) is 9.07 Å². The highest BCUT2D eigenvalue weighted by Gasteiger charge is 2.33. The molecule has 2 aromatic carbocycles. The van der Waals surface area contributed by atoms with Crippen molar-refractivity contribution >= 4 is 0 Å². The molecule has 3 aromatic rings. The Kier molecular flexibility index (Phi) is 6.43. The van der Waals surface area contributed by atoms with Gasteiger partial charge in [-0.1, -0.05) is 24.3 Å². The summed E-state index contributed by atoms with van der Waals surface area (Å²) in [6.45, 7) is 4.07. The quantitative estimate of drug-likeness (QED) is 0.574. The van der Waals surface area contributed by atoms with E-state index in [1.54, 1.807) is 31.0 Å². The van der Waals surface area contributed by atoms with Gasteiger partial charge in [0.2, 0.25) is 0 Å². The number of piperazine rings is 1. The predicted molar refractivity (Wildman–Crippen MR) is 114 cm³/mol. The van der Waals surface area contributed by atoms with Gasteiger partial charge < -0.3 is 14.4 Å². The molecule has 1 aromatic heterocycles. The maximum atomic E-state index is 13.3. The van der Waals surface area contributed by atoms with Crippen LogP contribution in [0.3, 0.4) is 0 Å². The molecule has 9 heteroatoms. The van der Waals surface area contributed by atoms with E-state index in [1.807, 2.05) is 18.2 Å². The van der Waals surface area contributed by atoms with Gasteiger partial charge in [-0.15, -0.1) is 5.10 Å². The molecule has 0 unspecified atom stereocenters. The molecule has 0 saturated carbocycles. The fourth-order valence-corrected chi connectivity index (χ4v) is 3.99. The number of ether oxygens (including phenoxy) is 2. The van der Waals surface area contributed by atoms with Crippen LogP contribution in [0, 0.1) is 5.82 Å². The molecule has 0 bridgehead atoms. The van der Waals surface area contributed by atoms with Crippen LogP contribution in [0.5, 0.6) is 11.5 Å². The van der Waals surface area contributed by atoms with Crippen LogP contribution >= 0.6 is 0 Å². The lowest BCUT2D eigenvalue weighted by Gasteiger charge is -2.38. The number of hydrogen-bond acceptors (Lipinski definition) is 7. The zero-order chi connectivity index (χ0) is 21.8. The van der Waals surface area contributed by atoms with E-state index in [0.717, 1.165) is 37.3 Å². The molecule has 1 saturated heterocycles. The van der Waals surface area contributed by atoms with Crippen molar-refractivity contribution in [3.8, 4) is 11.5 Å². The molecule has 1 fully saturated rings. The Balaban J connectivity index is 1.76. The monoisotopic (exact) mass is 426 g/mol. The van der Waals surface area contributed by atoms with Crippen LogP contribution < -0.4 is 9.47 Å². The van der Waals surface area contributed by atoms with Crippen LogP contribution in [0.4, 0.5) is 4.39 Å². The number of rotatable bonds is 7. The molecule has 1 aliphatic heterocycles. The molecule has 0 N–H and O–H groups in total. The van der Waals surface area contributed by atoms with E-state index in [4.69, 9.17) is 9.47 Å². The van der Waals surface area contributed by atoms with Gasteiger partial charge in [-0.2, -0.15) is 0 Å². The van der Waals surface area contributed by atoms with Gasteiger partial charge in [-0.3, -0.25) is 4.90 Å². The summed E-state index contributed by atoms with van der Waals surface area (Å²) in [6, 6.07) is 12.0. The Morgan fingerprint density at radius 1 is 1.00 bits per heavy atom. The topological polar surface area (TPSA) is 68.5 Å². The fourth-order valence-electron chi connectivity index (χ4n) is 3.99. The van der Waals surface area contributed by atoms with E-state index >= 15 is 0 Å². The van der Waals surface area contributed by atoms with Crippen molar-refractivity contribution < 1.29 is 13.9 Å². The second-order valence-electron chi connectivity index (χ2n) is 7.65. The number of hydrogen-bond donors (Lipinski definition) is 0. The van der Waals surface area contributed by atoms with Crippen molar-refractivity contribution in [2.24, 2.45) is 0 Å². The highest BCUT2D eigenvalue weighted by Crippen LogP contribution is 2.39. The minimum absolute atomic E-state index is 0.214. The number of para-hydroxylation sites is 1. The molecule has 0 radical (unpaired) electrons. The lowest BCUT2D eigenvalue weighted by Crippen LogP contribution is -2.46. The van der Waals surface area contributed by atoms with Crippen LogP contribution in [0.15, 0.2) is 42.5 Å². The molecule has 0 amide bonds. The Bertz CT molecular complexity index is 1000. The summed E-state index contributed by atoms with van der Waals surface area (Å²) in [5.74, 6) is 1.78. The Hall–Kier alpha value is -3.04. The highest BCUT2D eigenvalue weighted by atomic mass is 19.1. The minimum Gasteiger partial charge on any atom is -0.493 e. The average Bonchev–Trinajstić information content (AvgIpc) is 3.24. The van der Waals surface area contributed by atoms with Gasteiger partial charge in [-0.05, 0) is 41.2 Å². The summed E-state index contributed by atoms with van der Waals surface area (Å²) in [4.78, 5) is 4.67. The van der Waals surface area contributed by atoms with Crippen molar-refractivity contribution in [1.82, 2.24) is 30.0 Å². The van der Waals surface area contributed by atoms with Crippen molar-refractivity contribution in [1.29, 1.82) is 0 Å². The van der Waals surface area contributed by atoms with Crippen LogP contribution in [0.2, 0.25) is 0 Å². The Morgan fingerprint density at radius 2 is 1.74 bits per heavy atom. The number of benzene rings is 2. The molecule has 164 valence electrons. The minimum atomic E-state index is -0.267. The third-order valence-corrected chi connectivity index (χ3v) is 5.68. The van der Waals surface area contributed by atoms with Crippen LogP contribution in [0.1, 0.15) is 23.0 Å². The maximum absolute atomic E-state index is 13.3. The first-order valence-electron chi connectivity index (χ1n) is 10.2. The van der Waals surface area contributed by atoms with Crippen LogP contribution in [-0.2, 0) is 6.54 Å². The number of likely N-dealkylation sites (N-methyl/N-ethyl adjacent to an activating group) is 1. The van der Waals surface area contributed by atoms with Gasteiger partial charge in [0.25, 0.3) is 0 Å². The van der Waals surface area contributed by atoms with E-state index in [2.05, 4.69) is 32.4 Å². The second kappa shape index (κ2) is 9.40. The number of methoxy groups -OCH3 is 2. The van der Waals surface area contributed by atoms with E-state index in [0.29, 0.717) is 23.9 Å². The highest BCUT2D eigenvalue weighted by molar-refractivity contribution is 5.49. The molecule has 0 spiro atoms. The second-order valence-corrected chi connectivity index (χ2v) is 7.65. The first-order chi connectivity index (χ1) is 15.1. The summed E-state index contributed by atoms with van der Waals surface area (Å²) >= 11 is 0. The van der Waals surface area contributed by atoms with Gasteiger partial charge in [0, 0.05) is 31.7 Å². The normalized spacial score (nSPS) is 16.3. The molecular formula is C22H27FN6O2. The third kappa shape index (κ3) is 4.52. The smallest absolute Gasteiger partial charge is 0.173 e. The Labute approximate surface area is 181 Å². The number of tetrazole rings is 1. The standard InChI is InChI=1S/C22H27FN6O2/c1-27-11-13-28(14-12-27)20(18-5-4-6-19(30-2)21(18)31-3)22-24-25-26-29(22)15-16-7-9-17(23)10-8-16/h4-10,20H,11-15H2,1-3H3/t20-/m1/s1. The van der Waals surface area contributed by atoms with Gasteiger partial charge in [0.1, 0.15) is 11.9 Å². The zero-order valence-electron chi connectivity index (χ0n) is 18.0. The Morgan fingerprint density at radius 3 is 2.42 bits per heavy atom. The van der Waals surface area contributed by atoms with E-state index < -0.39 is 0 Å². The van der Waals surface area contributed by atoms with E-state index in [9.17, 15) is 4.39 Å². The summed E-state index contributed by atoms with van der Waals surface area (Å²) in [5, 5.41) is 12.6. The summed E-state index contributed by atoms with van der Waals surface area (Å²) in [7, 11) is 5.39. The first-order valence-corrected chi connectivity index (χ1v) is 10.2. The summed E-state index contributed by atoms with van der Waals surface area (Å²) in [6.07, 6.45) is 0. The number of aromatic nitrogens is 4. The molecule has 0 aliphatic carbocycles. The molecule has 2 heterocycles. The number of halogens is 1. The zero-order valence-corrected chi connectivity index (χ0v) is 18.0. The van der Waals surface area contributed by atoms with E-state index in [-0.39, 0.29) is 11.9 Å². The maximum Gasteiger partial charge on any atom is 0.173 e. The summed E-state index contributed by atoms with van der Waals surface area (Å²) in [5.41, 5.74) is 1.87. The van der Waals surface area contributed by atoms with Gasteiger partial charge >= 0.3 is 0 Å². The first kappa shape index (κ1) is 21.2. The molecule has 1 aliphatic rings. The third-order valence-electron chi connectivity index (χ3n) is 5.68. The van der Waals surface area contributed by atoms with Crippen LogP contribution in [0.25, 0.3) is 0 Å². The van der Waals surface area contributed by atoms with Crippen LogP contribution in [-0.4, -0.2) is 77.5 Å². The molecule has 1 atom stereocenters. The van der Waals surface area contributed by atoms with Gasteiger partial charge in [0.15, 0.2) is 17.3 Å². The SMILES string of the molecule is COc1cccc([C@H](c2nnnn2Cc2ccc(F)cc2)N2CCN(C)CC2)c1OC. The predicted octanol–water partition coefficient (Wildman–Crippen LogP) is 2.21. The molecular weight excluding hydrogens is 399 g/mol. The van der Waals surface area contributed by atoms with Crippen molar-refractivity contribution in [2.45, 2.75) is 12.6 Å². The van der Waals surface area contributed by atoms with Crippen molar-refractivity contribution in [3.05, 3.63) is 65.2 Å². The molecule has 4 rings (SSSR count). The molecule has 31 heavy (non-hydrogen) atoms. The molecule has 8 nitrogen and oxygen atoms in total. The van der Waals surface area contributed by atoms with Crippen molar-refractivity contribution in [2.75, 3.05) is 47.4 Å². The van der Waals surface area contributed by atoms with Crippen molar-refractivity contribution in [3.63, 3.8) is 0 Å². The van der Waals surface area contributed by atoms with E-state index in [1.165, 1.54) is 12.1 Å². The largest absolute Gasteiger partial charge is 0.493 e. The lowest BCUT2D eigenvalue weighted by atomic mass is 10.0.